The van der Waals surface area contributed by atoms with Crippen molar-refractivity contribution in [2.75, 3.05) is 0 Å². The van der Waals surface area contributed by atoms with E-state index in [0.29, 0.717) is 5.56 Å². The number of carbonyl (C=O) groups excluding carboxylic acids is 1. The topological polar surface area (TPSA) is 156 Å². The van der Waals surface area contributed by atoms with Gasteiger partial charge in [0, 0.05) is 5.56 Å². The van der Waals surface area contributed by atoms with Crippen molar-refractivity contribution >= 4 is 23.5 Å². The minimum atomic E-state index is -1.62. The molecule has 2 aromatic carbocycles. The zero-order chi connectivity index (χ0) is 20.1. The van der Waals surface area contributed by atoms with Gasteiger partial charge in [-0.15, -0.1) is 0 Å². The summed E-state index contributed by atoms with van der Waals surface area (Å²) in [6, 6.07) is 9.42. The van der Waals surface area contributed by atoms with Gasteiger partial charge in [-0.05, 0) is 11.6 Å². The Balaban J connectivity index is 2.18. The van der Waals surface area contributed by atoms with Crippen LogP contribution in [0, 0.1) is 0 Å². The molecule has 0 aromatic heterocycles. The van der Waals surface area contributed by atoms with E-state index in [-0.39, 0.29) is 16.3 Å². The van der Waals surface area contributed by atoms with Crippen LogP contribution >= 0.6 is 11.6 Å². The molecule has 0 spiro atoms. The number of halogens is 1. The first-order chi connectivity index (χ1) is 12.7. The van der Waals surface area contributed by atoms with E-state index in [1.165, 1.54) is 18.2 Å². The second-order valence-electron chi connectivity index (χ2n) is 5.77. The lowest BCUT2D eigenvalue weighted by molar-refractivity contribution is -0.141. The number of rotatable bonds is 7. The summed E-state index contributed by atoms with van der Waals surface area (Å²) in [5.74, 6) is -2.53. The Morgan fingerprint density at radius 3 is 2.15 bits per heavy atom. The number of hydrogen-bond acceptors (Lipinski definition) is 7. The van der Waals surface area contributed by atoms with Gasteiger partial charge in [-0.25, -0.2) is 4.79 Å². The Morgan fingerprint density at radius 2 is 1.56 bits per heavy atom. The number of carboxylic acids is 1. The SMILES string of the molecule is N[C@H](C(=O)Oc1cccc([C@@H](O)[C@H](N)C(=O)O)c1Cl)[C@H](O)c1ccccc1. The fraction of sp³-hybridized carbons (Fsp3) is 0.222. The number of hydrogen-bond donors (Lipinski definition) is 5. The molecule has 8 nitrogen and oxygen atoms in total. The first-order valence-electron chi connectivity index (χ1n) is 7.89. The van der Waals surface area contributed by atoms with E-state index in [1.54, 1.807) is 30.3 Å². The van der Waals surface area contributed by atoms with Crippen molar-refractivity contribution in [1.29, 1.82) is 0 Å². The molecule has 9 heteroatoms. The fourth-order valence-electron chi connectivity index (χ4n) is 2.33. The second kappa shape index (κ2) is 8.94. The van der Waals surface area contributed by atoms with Gasteiger partial charge in [0.05, 0.1) is 5.02 Å². The van der Waals surface area contributed by atoms with Crippen LogP contribution in [0.3, 0.4) is 0 Å². The Kier molecular flexibility index (Phi) is 6.89. The number of benzene rings is 2. The number of esters is 1. The Labute approximate surface area is 159 Å². The maximum Gasteiger partial charge on any atom is 0.331 e. The zero-order valence-electron chi connectivity index (χ0n) is 14.0. The quantitative estimate of drug-likeness (QED) is 0.340. The predicted molar refractivity (Wildman–Crippen MR) is 97.0 cm³/mol. The molecule has 0 bridgehead atoms. The Bertz CT molecular complexity index is 817. The molecule has 0 saturated heterocycles. The molecule has 7 N–H and O–H groups in total. The minimum absolute atomic E-state index is 0.0194. The summed E-state index contributed by atoms with van der Waals surface area (Å²) in [5, 5.41) is 29.0. The number of nitrogens with two attached hydrogens (primary N) is 2. The monoisotopic (exact) mass is 394 g/mol. The lowest BCUT2D eigenvalue weighted by atomic mass is 10.0. The van der Waals surface area contributed by atoms with Gasteiger partial charge in [0.25, 0.3) is 0 Å². The van der Waals surface area contributed by atoms with Crippen molar-refractivity contribution in [3.05, 3.63) is 64.7 Å². The van der Waals surface area contributed by atoms with Crippen LogP contribution in [0.25, 0.3) is 0 Å². The molecule has 0 amide bonds. The summed E-state index contributed by atoms with van der Waals surface area (Å²) in [5.41, 5.74) is 11.6. The molecule has 2 rings (SSSR count). The van der Waals surface area contributed by atoms with Gasteiger partial charge in [0.1, 0.15) is 30.0 Å². The van der Waals surface area contributed by atoms with Crippen LogP contribution in [0.4, 0.5) is 0 Å². The van der Waals surface area contributed by atoms with Gasteiger partial charge in [-0.1, -0.05) is 54.1 Å². The van der Waals surface area contributed by atoms with Crippen molar-refractivity contribution in [3.8, 4) is 5.75 Å². The summed E-state index contributed by atoms with van der Waals surface area (Å²) >= 11 is 6.11. The summed E-state index contributed by atoms with van der Waals surface area (Å²) in [7, 11) is 0. The third-order valence-electron chi connectivity index (χ3n) is 3.90. The summed E-state index contributed by atoms with van der Waals surface area (Å²) in [6.45, 7) is 0. The Hall–Kier alpha value is -2.49. The highest BCUT2D eigenvalue weighted by Crippen LogP contribution is 2.33. The standard InChI is InChI=1S/C18H19ClN2O6/c19-12-10(16(23)13(20)17(24)25)7-4-8-11(12)27-18(26)14(21)15(22)9-5-2-1-3-6-9/h1-8,13-16,22-23H,20-21H2,(H,24,25)/t13-,14-,15+,16+/m0/s1. The third-order valence-corrected chi connectivity index (χ3v) is 4.31. The van der Waals surface area contributed by atoms with Crippen molar-refractivity contribution in [2.24, 2.45) is 11.5 Å². The molecule has 0 fully saturated rings. The maximum atomic E-state index is 12.3. The predicted octanol–water partition coefficient (Wildman–Crippen LogP) is 0.752. The fourth-order valence-corrected chi connectivity index (χ4v) is 2.60. The van der Waals surface area contributed by atoms with Crippen molar-refractivity contribution in [1.82, 2.24) is 0 Å². The number of carboxylic acid groups (broad SMARTS) is 1. The van der Waals surface area contributed by atoms with Gasteiger partial charge in [-0.2, -0.15) is 0 Å². The van der Waals surface area contributed by atoms with Crippen LogP contribution in [0.15, 0.2) is 48.5 Å². The largest absolute Gasteiger partial charge is 0.480 e. The van der Waals surface area contributed by atoms with Gasteiger partial charge < -0.3 is 31.5 Å². The summed E-state index contributed by atoms with van der Waals surface area (Å²) in [4.78, 5) is 23.2. The number of carbonyl (C=O) groups is 2. The first-order valence-corrected chi connectivity index (χ1v) is 8.27. The van der Waals surface area contributed by atoms with E-state index < -0.39 is 36.2 Å². The molecule has 0 radical (unpaired) electrons. The molecule has 2 aromatic rings. The van der Waals surface area contributed by atoms with Crippen LogP contribution in [0.2, 0.25) is 5.02 Å². The van der Waals surface area contributed by atoms with Crippen molar-refractivity contribution in [2.45, 2.75) is 24.3 Å². The smallest absolute Gasteiger partial charge is 0.331 e. The van der Waals surface area contributed by atoms with Crippen LogP contribution in [0.1, 0.15) is 23.3 Å². The van der Waals surface area contributed by atoms with E-state index in [0.717, 1.165) is 0 Å². The van der Waals surface area contributed by atoms with Crippen molar-refractivity contribution < 1.29 is 29.6 Å². The molecule has 0 aliphatic rings. The molecule has 0 aliphatic heterocycles. The van der Waals surface area contributed by atoms with Crippen LogP contribution < -0.4 is 16.2 Å². The molecule has 144 valence electrons. The lowest BCUT2D eigenvalue weighted by Gasteiger charge is -2.20. The number of aliphatic hydroxyl groups is 2. The average molecular weight is 395 g/mol. The molecule has 4 atom stereocenters. The normalized spacial score (nSPS) is 15.4. The van der Waals surface area contributed by atoms with Crippen LogP contribution in [0.5, 0.6) is 5.75 Å². The molecule has 0 saturated carbocycles. The van der Waals surface area contributed by atoms with Gasteiger partial charge in [0.15, 0.2) is 0 Å². The highest BCUT2D eigenvalue weighted by atomic mass is 35.5. The highest BCUT2D eigenvalue weighted by Gasteiger charge is 2.29. The highest BCUT2D eigenvalue weighted by molar-refractivity contribution is 6.33. The number of aliphatic hydroxyl groups excluding tert-OH is 2. The van der Waals surface area contributed by atoms with Gasteiger partial charge >= 0.3 is 11.9 Å². The van der Waals surface area contributed by atoms with Crippen molar-refractivity contribution in [3.63, 3.8) is 0 Å². The van der Waals surface area contributed by atoms with Crippen LogP contribution in [-0.4, -0.2) is 39.3 Å². The number of aliphatic carboxylic acids is 1. The molecule has 0 heterocycles. The van der Waals surface area contributed by atoms with E-state index in [1.807, 2.05) is 0 Å². The first kappa shape index (κ1) is 20.8. The molecular weight excluding hydrogens is 376 g/mol. The summed E-state index contributed by atoms with van der Waals surface area (Å²) in [6.07, 6.45) is -2.91. The molecule has 27 heavy (non-hydrogen) atoms. The van der Waals surface area contributed by atoms with E-state index in [2.05, 4.69) is 0 Å². The second-order valence-corrected chi connectivity index (χ2v) is 6.15. The van der Waals surface area contributed by atoms with Gasteiger partial charge in [0.2, 0.25) is 0 Å². The Morgan fingerprint density at radius 1 is 0.926 bits per heavy atom. The zero-order valence-corrected chi connectivity index (χ0v) is 14.8. The maximum absolute atomic E-state index is 12.3. The number of ether oxygens (including phenoxy) is 1. The molecule has 0 aliphatic carbocycles. The van der Waals surface area contributed by atoms with E-state index in [4.69, 9.17) is 32.9 Å². The third kappa shape index (κ3) is 4.82. The molecular formula is C18H19ClN2O6. The van der Waals surface area contributed by atoms with Crippen LogP contribution in [-0.2, 0) is 9.59 Å². The average Bonchev–Trinajstić information content (AvgIpc) is 2.67. The minimum Gasteiger partial charge on any atom is -0.480 e. The lowest BCUT2D eigenvalue weighted by Crippen LogP contribution is -2.40. The summed E-state index contributed by atoms with van der Waals surface area (Å²) < 4.78 is 5.13. The molecule has 0 unspecified atom stereocenters. The van der Waals surface area contributed by atoms with Gasteiger partial charge in [-0.3, -0.25) is 4.79 Å². The van der Waals surface area contributed by atoms with E-state index in [9.17, 15) is 19.8 Å². The van der Waals surface area contributed by atoms with E-state index >= 15 is 0 Å².